The molecule has 1 unspecified atom stereocenters. The molecular weight excluding hydrogens is 519 g/mol. The van der Waals surface area contributed by atoms with Crippen LogP contribution in [0.5, 0.6) is 0 Å². The van der Waals surface area contributed by atoms with Gasteiger partial charge >= 0.3 is 0 Å². The molecule has 6 nitrogen and oxygen atoms in total. The number of aryl methyl sites for hydroxylation is 3. The summed E-state index contributed by atoms with van der Waals surface area (Å²) in [6.07, 6.45) is 0.910. The van der Waals surface area contributed by atoms with E-state index in [0.717, 1.165) is 40.9 Å². The molecule has 0 aliphatic heterocycles. The third kappa shape index (κ3) is 6.52. The smallest absolute Gasteiger partial charge is 0.191 e. The van der Waals surface area contributed by atoms with Crippen molar-refractivity contribution in [1.29, 1.82) is 0 Å². The van der Waals surface area contributed by atoms with E-state index in [1.54, 1.807) is 11.3 Å². The fourth-order valence-electron chi connectivity index (χ4n) is 3.45. The number of aromatic nitrogens is 3. The van der Waals surface area contributed by atoms with Gasteiger partial charge in [0.15, 0.2) is 5.96 Å². The van der Waals surface area contributed by atoms with Gasteiger partial charge in [-0.1, -0.05) is 30.3 Å². The maximum atomic E-state index is 4.83. The van der Waals surface area contributed by atoms with Crippen LogP contribution in [0.15, 0.2) is 35.3 Å². The van der Waals surface area contributed by atoms with Gasteiger partial charge in [0.1, 0.15) is 5.01 Å². The lowest BCUT2D eigenvalue weighted by Gasteiger charge is -2.18. The Hall–Kier alpha value is -1.94. The maximum absolute atomic E-state index is 4.83. The number of rotatable bonds is 7. The summed E-state index contributed by atoms with van der Waals surface area (Å²) in [5, 5.41) is 12.5. The highest BCUT2D eigenvalue weighted by Gasteiger charge is 2.14. The fourth-order valence-corrected chi connectivity index (χ4v) is 4.45. The minimum Gasteiger partial charge on any atom is -0.357 e. The van der Waals surface area contributed by atoms with Gasteiger partial charge in [0.05, 0.1) is 17.9 Å². The molecule has 0 aliphatic rings. The molecule has 0 amide bonds. The number of hydrogen-bond acceptors (Lipinski definition) is 4. The van der Waals surface area contributed by atoms with E-state index in [9.17, 15) is 0 Å². The highest BCUT2D eigenvalue weighted by atomic mass is 127. The van der Waals surface area contributed by atoms with Gasteiger partial charge in [-0.2, -0.15) is 5.10 Å². The first-order valence-electron chi connectivity index (χ1n) is 10.4. The zero-order valence-electron chi connectivity index (χ0n) is 19.2. The Balaban J connectivity index is 0.00000341. The monoisotopic (exact) mass is 552 g/mol. The van der Waals surface area contributed by atoms with Crippen molar-refractivity contribution >= 4 is 41.3 Å². The lowest BCUT2D eigenvalue weighted by Crippen LogP contribution is -2.43. The van der Waals surface area contributed by atoms with Crippen LogP contribution >= 0.6 is 35.3 Å². The second-order valence-electron chi connectivity index (χ2n) is 7.61. The summed E-state index contributed by atoms with van der Waals surface area (Å²) in [4.78, 5) is 10.8. The molecule has 1 atom stereocenters. The van der Waals surface area contributed by atoms with E-state index in [-0.39, 0.29) is 30.0 Å². The number of halogens is 1. The van der Waals surface area contributed by atoms with Crippen LogP contribution in [0.4, 0.5) is 0 Å². The number of hydrogen-bond donors (Lipinski definition) is 2. The van der Waals surface area contributed by atoms with Crippen molar-refractivity contribution in [3.63, 3.8) is 0 Å². The van der Waals surface area contributed by atoms with Crippen molar-refractivity contribution in [3.8, 4) is 10.6 Å². The Morgan fingerprint density at radius 1 is 1.16 bits per heavy atom. The van der Waals surface area contributed by atoms with E-state index in [4.69, 9.17) is 9.98 Å². The highest BCUT2D eigenvalue weighted by Crippen LogP contribution is 2.28. The van der Waals surface area contributed by atoms with Crippen LogP contribution in [0.25, 0.3) is 10.6 Å². The number of thiazole rings is 1. The minimum atomic E-state index is 0. The number of nitrogens with zero attached hydrogens (tertiary/aromatic N) is 4. The van der Waals surface area contributed by atoms with Gasteiger partial charge in [-0.15, -0.1) is 35.3 Å². The van der Waals surface area contributed by atoms with E-state index in [1.807, 2.05) is 29.9 Å². The molecule has 0 aliphatic carbocycles. The first-order valence-corrected chi connectivity index (χ1v) is 11.3. The van der Waals surface area contributed by atoms with Gasteiger partial charge in [0.25, 0.3) is 0 Å². The lowest BCUT2D eigenvalue weighted by atomic mass is 10.1. The molecule has 0 saturated heterocycles. The van der Waals surface area contributed by atoms with Crippen molar-refractivity contribution in [2.75, 3.05) is 6.54 Å². The van der Waals surface area contributed by atoms with Gasteiger partial charge in [-0.05, 0) is 46.6 Å². The first kappa shape index (κ1) is 25.3. The molecule has 0 fully saturated rings. The molecule has 1 aromatic carbocycles. The normalized spacial score (nSPS) is 12.4. The molecule has 0 saturated carbocycles. The quantitative estimate of drug-likeness (QED) is 0.252. The number of aliphatic imine (C=N–C) groups is 1. The van der Waals surface area contributed by atoms with Gasteiger partial charge in [-0.3, -0.25) is 4.68 Å². The van der Waals surface area contributed by atoms with Gasteiger partial charge in [0, 0.05) is 35.8 Å². The summed E-state index contributed by atoms with van der Waals surface area (Å²) >= 11 is 1.72. The fraction of sp³-hybridized carbons (Fsp3) is 0.435. The largest absolute Gasteiger partial charge is 0.357 e. The zero-order chi connectivity index (χ0) is 21.7. The van der Waals surface area contributed by atoms with E-state index in [0.29, 0.717) is 6.54 Å². The topological polar surface area (TPSA) is 67.1 Å². The summed E-state index contributed by atoms with van der Waals surface area (Å²) in [5.74, 6) is 0.832. The molecule has 0 bridgehead atoms. The summed E-state index contributed by atoms with van der Waals surface area (Å²) in [5.41, 5.74) is 5.82. The third-order valence-corrected chi connectivity index (χ3v) is 6.38. The van der Waals surface area contributed by atoms with Crippen LogP contribution in [-0.4, -0.2) is 33.3 Å². The minimum absolute atomic E-state index is 0. The molecule has 168 valence electrons. The van der Waals surface area contributed by atoms with E-state index in [1.165, 1.54) is 16.1 Å². The summed E-state index contributed by atoms with van der Waals surface area (Å²) in [6, 6.07) is 10.6. The molecule has 2 aromatic heterocycles. The van der Waals surface area contributed by atoms with Crippen molar-refractivity contribution in [2.45, 2.75) is 53.6 Å². The van der Waals surface area contributed by atoms with E-state index in [2.05, 4.69) is 62.5 Å². The summed E-state index contributed by atoms with van der Waals surface area (Å²) in [6.45, 7) is 12.0. The van der Waals surface area contributed by atoms with Crippen LogP contribution in [0.2, 0.25) is 0 Å². The average molecular weight is 553 g/mol. The Morgan fingerprint density at radius 2 is 1.87 bits per heavy atom. The summed E-state index contributed by atoms with van der Waals surface area (Å²) < 4.78 is 1.95. The molecular formula is C23H33IN6S. The van der Waals surface area contributed by atoms with Gasteiger partial charge < -0.3 is 10.6 Å². The van der Waals surface area contributed by atoms with Crippen molar-refractivity contribution in [1.82, 2.24) is 25.4 Å². The molecule has 2 heterocycles. The Morgan fingerprint density at radius 3 is 2.48 bits per heavy atom. The molecule has 0 radical (unpaired) electrons. The molecule has 0 spiro atoms. The third-order valence-electron chi connectivity index (χ3n) is 5.19. The highest BCUT2D eigenvalue weighted by molar-refractivity contribution is 14.0. The number of nitrogens with one attached hydrogen (secondary N) is 2. The zero-order valence-corrected chi connectivity index (χ0v) is 22.3. The van der Waals surface area contributed by atoms with Crippen LogP contribution in [-0.2, 0) is 20.0 Å². The maximum Gasteiger partial charge on any atom is 0.191 e. The van der Waals surface area contributed by atoms with Gasteiger partial charge in [-0.25, -0.2) is 9.98 Å². The second-order valence-corrected chi connectivity index (χ2v) is 8.69. The van der Waals surface area contributed by atoms with Crippen LogP contribution < -0.4 is 10.6 Å². The molecule has 31 heavy (non-hydrogen) atoms. The standard InChI is InChI=1S/C23H32N6S.HI/c1-7-24-23(26-15(2)13-20-16(3)28-29(6)18(20)5)25-14-21-17(4)27-22(30-21)19-11-9-8-10-12-19;/h8-12,15H,7,13-14H2,1-6H3,(H2,24,25,26);1H. The molecule has 2 N–H and O–H groups in total. The molecule has 8 heteroatoms. The van der Waals surface area contributed by atoms with Crippen LogP contribution in [0, 0.1) is 20.8 Å². The molecule has 3 rings (SSSR count). The Labute approximate surface area is 206 Å². The first-order chi connectivity index (χ1) is 14.4. The number of guanidine groups is 1. The SMILES string of the molecule is CCNC(=NCc1sc(-c2ccccc2)nc1C)NC(C)Cc1c(C)nn(C)c1C.I. The van der Waals surface area contributed by atoms with Crippen molar-refractivity contribution in [3.05, 3.63) is 57.9 Å². The van der Waals surface area contributed by atoms with E-state index < -0.39 is 0 Å². The number of benzene rings is 1. The van der Waals surface area contributed by atoms with Crippen LogP contribution in [0.1, 0.15) is 41.4 Å². The predicted molar refractivity (Wildman–Crippen MR) is 142 cm³/mol. The average Bonchev–Trinajstić information content (AvgIpc) is 3.21. The van der Waals surface area contributed by atoms with Crippen molar-refractivity contribution in [2.24, 2.45) is 12.0 Å². The van der Waals surface area contributed by atoms with Gasteiger partial charge in [0.2, 0.25) is 0 Å². The predicted octanol–water partition coefficient (Wildman–Crippen LogP) is 4.77. The Bertz CT molecular complexity index is 1010. The summed E-state index contributed by atoms with van der Waals surface area (Å²) in [7, 11) is 2.00. The Kier molecular flexibility index (Phi) is 9.49. The van der Waals surface area contributed by atoms with Crippen LogP contribution in [0.3, 0.4) is 0 Å². The molecule has 3 aromatic rings. The van der Waals surface area contributed by atoms with Crippen molar-refractivity contribution < 1.29 is 0 Å². The van der Waals surface area contributed by atoms with E-state index >= 15 is 0 Å². The lowest BCUT2D eigenvalue weighted by molar-refractivity contribution is 0.636. The second kappa shape index (κ2) is 11.6.